The predicted octanol–water partition coefficient (Wildman–Crippen LogP) is 2.76. The van der Waals surface area contributed by atoms with E-state index in [-0.39, 0.29) is 5.91 Å². The summed E-state index contributed by atoms with van der Waals surface area (Å²) in [5.41, 5.74) is 7.66. The van der Waals surface area contributed by atoms with Crippen LogP contribution in [0, 0.1) is 6.92 Å². The Balaban J connectivity index is 1.96. The van der Waals surface area contributed by atoms with E-state index in [1.165, 1.54) is 11.3 Å². The van der Waals surface area contributed by atoms with Crippen LogP contribution in [-0.4, -0.2) is 40.4 Å². The third-order valence-corrected chi connectivity index (χ3v) is 5.95. The SMILES string of the molecule is Cc1ccc2c(N)c(C(=O)N(C)C3CCSC3)sc2n1. The molecular formula is C14H17N3OS2. The molecule has 4 nitrogen and oxygen atoms in total. The summed E-state index contributed by atoms with van der Waals surface area (Å²) in [6.07, 6.45) is 1.06. The van der Waals surface area contributed by atoms with E-state index in [0.717, 1.165) is 33.8 Å². The maximum atomic E-state index is 12.6. The zero-order valence-corrected chi connectivity index (χ0v) is 13.2. The van der Waals surface area contributed by atoms with Gasteiger partial charge in [0.05, 0.1) is 5.69 Å². The number of nitrogen functional groups attached to an aromatic ring is 1. The van der Waals surface area contributed by atoms with Crippen LogP contribution in [0.3, 0.4) is 0 Å². The van der Waals surface area contributed by atoms with Crippen molar-refractivity contribution in [2.45, 2.75) is 19.4 Å². The lowest BCUT2D eigenvalue weighted by Gasteiger charge is -2.23. The molecule has 0 saturated carbocycles. The Morgan fingerprint density at radius 2 is 2.30 bits per heavy atom. The highest BCUT2D eigenvalue weighted by atomic mass is 32.2. The van der Waals surface area contributed by atoms with Crippen molar-refractivity contribution in [3.63, 3.8) is 0 Å². The number of nitrogens with two attached hydrogens (primary N) is 1. The van der Waals surface area contributed by atoms with E-state index < -0.39 is 0 Å². The molecule has 0 aromatic carbocycles. The average Bonchev–Trinajstić information content (AvgIpc) is 3.05. The molecule has 3 heterocycles. The van der Waals surface area contributed by atoms with Gasteiger partial charge in [-0.05, 0) is 31.2 Å². The molecule has 0 bridgehead atoms. The molecule has 1 fully saturated rings. The number of fused-ring (bicyclic) bond motifs is 1. The van der Waals surface area contributed by atoms with Gasteiger partial charge in [0.2, 0.25) is 0 Å². The van der Waals surface area contributed by atoms with Crippen molar-refractivity contribution >= 4 is 44.9 Å². The molecule has 2 aromatic heterocycles. The van der Waals surface area contributed by atoms with Gasteiger partial charge in [-0.1, -0.05) is 0 Å². The van der Waals surface area contributed by atoms with Crippen LogP contribution in [-0.2, 0) is 0 Å². The molecule has 106 valence electrons. The second kappa shape index (κ2) is 5.26. The number of thiophene rings is 1. The van der Waals surface area contributed by atoms with E-state index >= 15 is 0 Å². The summed E-state index contributed by atoms with van der Waals surface area (Å²) < 4.78 is 0. The van der Waals surface area contributed by atoms with Crippen molar-refractivity contribution in [1.29, 1.82) is 0 Å². The van der Waals surface area contributed by atoms with Crippen molar-refractivity contribution in [3.05, 3.63) is 22.7 Å². The normalized spacial score (nSPS) is 18.6. The summed E-state index contributed by atoms with van der Waals surface area (Å²) in [5, 5.41) is 0.887. The Morgan fingerprint density at radius 1 is 1.50 bits per heavy atom. The number of anilines is 1. The number of amides is 1. The molecule has 6 heteroatoms. The average molecular weight is 307 g/mol. The standard InChI is InChI=1S/C14H17N3OS2/c1-8-3-4-10-11(15)12(20-13(10)16-8)14(18)17(2)9-5-6-19-7-9/h3-4,9H,5-7,15H2,1-2H3. The molecule has 0 radical (unpaired) electrons. The van der Waals surface area contributed by atoms with Crippen molar-refractivity contribution < 1.29 is 4.79 Å². The van der Waals surface area contributed by atoms with E-state index in [4.69, 9.17) is 5.73 Å². The van der Waals surface area contributed by atoms with Gasteiger partial charge in [-0.15, -0.1) is 11.3 Å². The van der Waals surface area contributed by atoms with Crippen LogP contribution in [0.1, 0.15) is 21.8 Å². The first-order valence-corrected chi connectivity index (χ1v) is 8.55. The maximum absolute atomic E-state index is 12.6. The van der Waals surface area contributed by atoms with Crippen molar-refractivity contribution in [1.82, 2.24) is 9.88 Å². The second-order valence-corrected chi connectivity index (χ2v) is 7.23. The van der Waals surface area contributed by atoms with Crippen molar-refractivity contribution in [2.24, 2.45) is 0 Å². The minimum absolute atomic E-state index is 0.0238. The molecular weight excluding hydrogens is 290 g/mol. The van der Waals surface area contributed by atoms with Gasteiger partial charge in [0, 0.05) is 29.9 Å². The number of carbonyl (C=O) groups excluding carboxylic acids is 1. The van der Waals surface area contributed by atoms with E-state index in [1.807, 2.05) is 42.8 Å². The minimum atomic E-state index is 0.0238. The minimum Gasteiger partial charge on any atom is -0.397 e. The molecule has 1 saturated heterocycles. The topological polar surface area (TPSA) is 59.2 Å². The van der Waals surface area contributed by atoms with Crippen LogP contribution in [0.4, 0.5) is 5.69 Å². The highest BCUT2D eigenvalue weighted by Gasteiger charge is 2.27. The number of nitrogens with zero attached hydrogens (tertiary/aromatic N) is 2. The highest BCUT2D eigenvalue weighted by Crippen LogP contribution is 2.34. The van der Waals surface area contributed by atoms with Gasteiger partial charge in [0.1, 0.15) is 9.71 Å². The van der Waals surface area contributed by atoms with Crippen LogP contribution >= 0.6 is 23.1 Å². The van der Waals surface area contributed by atoms with E-state index in [1.54, 1.807) is 0 Å². The van der Waals surface area contributed by atoms with Gasteiger partial charge in [-0.2, -0.15) is 11.8 Å². The van der Waals surface area contributed by atoms with Crippen LogP contribution in [0.15, 0.2) is 12.1 Å². The maximum Gasteiger partial charge on any atom is 0.266 e. The Labute approximate surface area is 126 Å². The number of rotatable bonds is 2. The molecule has 2 N–H and O–H groups in total. The highest BCUT2D eigenvalue weighted by molar-refractivity contribution is 7.99. The molecule has 1 unspecified atom stereocenters. The summed E-state index contributed by atoms with van der Waals surface area (Å²) in [5.74, 6) is 2.17. The Kier molecular flexibility index (Phi) is 3.60. The molecule has 1 atom stereocenters. The lowest BCUT2D eigenvalue weighted by molar-refractivity contribution is 0.0754. The largest absolute Gasteiger partial charge is 0.397 e. The third kappa shape index (κ3) is 2.27. The summed E-state index contributed by atoms with van der Waals surface area (Å²) >= 11 is 3.30. The Bertz CT molecular complexity index is 662. The van der Waals surface area contributed by atoms with Gasteiger partial charge in [-0.25, -0.2) is 4.98 Å². The van der Waals surface area contributed by atoms with E-state index in [2.05, 4.69) is 4.98 Å². The fraction of sp³-hybridized carbons (Fsp3) is 0.429. The third-order valence-electron chi connectivity index (χ3n) is 3.70. The van der Waals surface area contributed by atoms with Crippen LogP contribution in [0.5, 0.6) is 0 Å². The fourth-order valence-electron chi connectivity index (χ4n) is 2.40. The number of carbonyl (C=O) groups is 1. The number of hydrogen-bond donors (Lipinski definition) is 1. The molecule has 1 aliphatic rings. The zero-order chi connectivity index (χ0) is 14.3. The van der Waals surface area contributed by atoms with Crippen molar-refractivity contribution in [3.8, 4) is 0 Å². The summed E-state index contributed by atoms with van der Waals surface area (Å²) in [6.45, 7) is 1.94. The second-order valence-electron chi connectivity index (χ2n) is 5.08. The van der Waals surface area contributed by atoms with Crippen LogP contribution in [0.25, 0.3) is 10.2 Å². The van der Waals surface area contributed by atoms with Gasteiger partial charge in [-0.3, -0.25) is 4.79 Å². The molecule has 1 aliphatic heterocycles. The first kappa shape index (κ1) is 13.7. The number of hydrogen-bond acceptors (Lipinski definition) is 5. The van der Waals surface area contributed by atoms with Crippen LogP contribution < -0.4 is 5.73 Å². The number of pyridine rings is 1. The molecule has 1 amide bonds. The van der Waals surface area contributed by atoms with Crippen molar-refractivity contribution in [2.75, 3.05) is 24.3 Å². The van der Waals surface area contributed by atoms with Gasteiger partial charge in [0.15, 0.2) is 0 Å². The summed E-state index contributed by atoms with van der Waals surface area (Å²) in [7, 11) is 1.88. The number of thioether (sulfide) groups is 1. The smallest absolute Gasteiger partial charge is 0.266 e. The quantitative estimate of drug-likeness (QED) is 0.927. The lowest BCUT2D eigenvalue weighted by Crippen LogP contribution is -2.36. The first-order valence-electron chi connectivity index (χ1n) is 6.58. The Hall–Kier alpha value is -1.27. The zero-order valence-electron chi connectivity index (χ0n) is 11.5. The van der Waals surface area contributed by atoms with Gasteiger partial charge >= 0.3 is 0 Å². The summed E-state index contributed by atoms with van der Waals surface area (Å²) in [6, 6.07) is 4.20. The number of aryl methyl sites for hydroxylation is 1. The monoisotopic (exact) mass is 307 g/mol. The van der Waals surface area contributed by atoms with Gasteiger partial charge < -0.3 is 10.6 Å². The molecule has 3 rings (SSSR count). The fourth-order valence-corrected chi connectivity index (χ4v) is 4.79. The summed E-state index contributed by atoms with van der Waals surface area (Å²) in [4.78, 5) is 20.4. The number of aromatic nitrogens is 1. The van der Waals surface area contributed by atoms with Gasteiger partial charge in [0.25, 0.3) is 5.91 Å². The van der Waals surface area contributed by atoms with E-state index in [9.17, 15) is 4.79 Å². The lowest BCUT2D eigenvalue weighted by atomic mass is 10.2. The van der Waals surface area contributed by atoms with E-state index in [0.29, 0.717) is 16.6 Å². The predicted molar refractivity (Wildman–Crippen MR) is 86.6 cm³/mol. The molecule has 2 aromatic rings. The molecule has 20 heavy (non-hydrogen) atoms. The molecule has 0 aliphatic carbocycles. The Morgan fingerprint density at radius 3 is 3.00 bits per heavy atom. The molecule has 0 spiro atoms. The van der Waals surface area contributed by atoms with Crippen LogP contribution in [0.2, 0.25) is 0 Å². The first-order chi connectivity index (χ1) is 9.58.